The van der Waals surface area contributed by atoms with Crippen LogP contribution in [0.4, 0.5) is 0 Å². The molecule has 0 saturated carbocycles. The molecule has 0 aliphatic rings. The molecule has 4 aromatic rings. The maximum Gasteiger partial charge on any atom is 0.336 e. The number of hydrogen-bond donors (Lipinski definition) is 0. The zero-order chi connectivity index (χ0) is 23.1. The minimum atomic E-state index is -3.06. The van der Waals surface area contributed by atoms with Crippen LogP contribution in [0.5, 0.6) is 0 Å². The molecule has 0 heterocycles. The van der Waals surface area contributed by atoms with Gasteiger partial charge >= 0.3 is 5.97 Å². The molecule has 0 unspecified atom stereocenters. The van der Waals surface area contributed by atoms with Gasteiger partial charge in [-0.05, 0) is 21.1 Å². The summed E-state index contributed by atoms with van der Waals surface area (Å²) in [4.78, 5) is 12.6. The molecule has 0 spiro atoms. The Balaban J connectivity index is 1.99. The number of hydrogen-bond acceptors (Lipinski definition) is 3. The maximum atomic E-state index is 12.6. The summed E-state index contributed by atoms with van der Waals surface area (Å²) in [5.41, 5.74) is 1.12. The van der Waals surface area contributed by atoms with E-state index < -0.39 is 20.4 Å². The maximum absolute atomic E-state index is 12.6. The third-order valence-electron chi connectivity index (χ3n) is 5.70. The average Bonchev–Trinajstić information content (AvgIpc) is 2.91. The zero-order valence-corrected chi connectivity index (χ0v) is 19.6. The van der Waals surface area contributed by atoms with Crippen LogP contribution in [0, 0.1) is 0 Å². The number of rotatable bonds is 8. The van der Waals surface area contributed by atoms with Crippen LogP contribution in [-0.4, -0.2) is 21.4 Å². The number of esters is 1. The molecule has 0 radical (unpaired) electrons. The van der Waals surface area contributed by atoms with E-state index in [1.165, 1.54) is 7.11 Å². The van der Waals surface area contributed by atoms with Gasteiger partial charge in [0.25, 0.3) is 8.32 Å². The normalized spacial score (nSPS) is 12.0. The quantitative estimate of drug-likeness (QED) is 0.175. The summed E-state index contributed by atoms with van der Waals surface area (Å²) < 4.78 is 12.2. The lowest BCUT2D eigenvalue weighted by atomic mass is 10.0. The Morgan fingerprint density at radius 1 is 0.667 bits per heavy atom. The van der Waals surface area contributed by atoms with Gasteiger partial charge in [-0.2, -0.15) is 0 Å². The minimum Gasteiger partial charge on any atom is -0.466 e. The molecule has 0 aliphatic carbocycles. The van der Waals surface area contributed by atoms with Crippen LogP contribution in [0.2, 0.25) is 0 Å². The fourth-order valence-corrected chi connectivity index (χ4v) is 8.13. The van der Waals surface area contributed by atoms with Crippen LogP contribution in [0.1, 0.15) is 11.7 Å². The van der Waals surface area contributed by atoms with Crippen molar-refractivity contribution in [2.75, 3.05) is 7.11 Å². The van der Waals surface area contributed by atoms with E-state index in [2.05, 4.69) is 43.0 Å². The molecule has 1 atom stereocenters. The van der Waals surface area contributed by atoms with Crippen molar-refractivity contribution in [1.82, 2.24) is 0 Å². The first-order chi connectivity index (χ1) is 16.2. The number of benzene rings is 4. The molecule has 0 N–H and O–H groups in total. The Labute approximate surface area is 196 Å². The third-order valence-corrected chi connectivity index (χ3v) is 9.73. The number of carbonyl (C=O) groups excluding carboxylic acids is 1. The lowest BCUT2D eigenvalue weighted by Gasteiger charge is -2.37. The number of methoxy groups -OCH3 is 1. The molecule has 0 bridgehead atoms. The van der Waals surface area contributed by atoms with Gasteiger partial charge in [0.2, 0.25) is 0 Å². The van der Waals surface area contributed by atoms with Crippen LogP contribution in [0.3, 0.4) is 0 Å². The highest BCUT2D eigenvalue weighted by atomic mass is 28.4. The molecule has 4 rings (SSSR count). The Bertz CT molecular complexity index is 1100. The van der Waals surface area contributed by atoms with Gasteiger partial charge < -0.3 is 9.16 Å². The summed E-state index contributed by atoms with van der Waals surface area (Å²) in [7, 11) is -1.69. The van der Waals surface area contributed by atoms with E-state index in [-0.39, 0.29) is 5.57 Å². The Kier molecular flexibility index (Phi) is 6.98. The predicted octanol–water partition coefficient (Wildman–Crippen LogP) is 4.14. The van der Waals surface area contributed by atoms with Gasteiger partial charge in [0.1, 0.15) is 6.10 Å². The molecule has 0 aliphatic heterocycles. The van der Waals surface area contributed by atoms with Crippen molar-refractivity contribution in [2.45, 2.75) is 6.10 Å². The highest BCUT2D eigenvalue weighted by Crippen LogP contribution is 2.29. The van der Waals surface area contributed by atoms with Gasteiger partial charge in [-0.25, -0.2) is 4.79 Å². The van der Waals surface area contributed by atoms with E-state index >= 15 is 0 Å². The monoisotopic (exact) mass is 450 g/mol. The largest absolute Gasteiger partial charge is 0.466 e. The van der Waals surface area contributed by atoms with E-state index in [0.29, 0.717) is 0 Å². The van der Waals surface area contributed by atoms with Crippen molar-refractivity contribution >= 4 is 29.8 Å². The summed E-state index contributed by atoms with van der Waals surface area (Å²) in [6, 6.07) is 40.5. The lowest BCUT2D eigenvalue weighted by Crippen LogP contribution is -2.69. The van der Waals surface area contributed by atoms with Crippen LogP contribution in [0.25, 0.3) is 0 Å². The van der Waals surface area contributed by atoms with Crippen molar-refractivity contribution in [3.05, 3.63) is 139 Å². The topological polar surface area (TPSA) is 35.5 Å². The van der Waals surface area contributed by atoms with E-state index in [9.17, 15) is 4.79 Å². The molecule has 0 saturated heterocycles. The average molecular weight is 451 g/mol. The van der Waals surface area contributed by atoms with E-state index in [1.807, 2.05) is 84.9 Å². The van der Waals surface area contributed by atoms with Crippen LogP contribution < -0.4 is 15.6 Å². The van der Waals surface area contributed by atoms with Crippen molar-refractivity contribution in [1.29, 1.82) is 0 Å². The molecule has 164 valence electrons. The molecule has 33 heavy (non-hydrogen) atoms. The van der Waals surface area contributed by atoms with Gasteiger partial charge in [-0.3, -0.25) is 0 Å². The Morgan fingerprint density at radius 3 is 1.39 bits per heavy atom. The second-order valence-corrected chi connectivity index (χ2v) is 11.0. The second-order valence-electron chi connectivity index (χ2n) is 7.70. The molecular formula is C29H26O3Si. The second kappa shape index (κ2) is 10.3. The molecule has 3 nitrogen and oxygen atoms in total. The first kappa shape index (κ1) is 22.5. The predicted molar refractivity (Wildman–Crippen MR) is 135 cm³/mol. The van der Waals surface area contributed by atoms with E-state index in [1.54, 1.807) is 0 Å². The SMILES string of the molecule is C=C(C(=O)OC)[C@@H](O[Si](c1ccccc1)(c1ccccc1)c1ccccc1)c1ccccc1. The molecule has 4 heteroatoms. The fraction of sp³-hybridized carbons (Fsp3) is 0.0690. The zero-order valence-electron chi connectivity index (χ0n) is 18.6. The van der Waals surface area contributed by atoms with Gasteiger partial charge in [0.05, 0.1) is 12.7 Å². The van der Waals surface area contributed by atoms with Crippen LogP contribution in [-0.2, 0) is 14.0 Å². The van der Waals surface area contributed by atoms with Crippen LogP contribution >= 0.6 is 0 Å². The summed E-state index contributed by atoms with van der Waals surface area (Å²) >= 11 is 0. The summed E-state index contributed by atoms with van der Waals surface area (Å²) in [6.45, 7) is 4.09. The van der Waals surface area contributed by atoms with E-state index in [4.69, 9.17) is 9.16 Å². The fourth-order valence-electron chi connectivity index (χ4n) is 4.11. The van der Waals surface area contributed by atoms with Gasteiger partial charge in [0, 0.05) is 0 Å². The van der Waals surface area contributed by atoms with Crippen molar-refractivity contribution < 1.29 is 14.0 Å². The van der Waals surface area contributed by atoms with Gasteiger partial charge in [-0.15, -0.1) is 0 Å². The number of ether oxygens (including phenoxy) is 1. The Hall–Kier alpha value is -3.73. The highest BCUT2D eigenvalue weighted by Gasteiger charge is 2.45. The van der Waals surface area contributed by atoms with Crippen molar-refractivity contribution in [2.24, 2.45) is 0 Å². The Morgan fingerprint density at radius 2 is 1.03 bits per heavy atom. The third kappa shape index (κ3) is 4.58. The summed E-state index contributed by atoms with van der Waals surface area (Å²) in [5.74, 6) is -0.485. The van der Waals surface area contributed by atoms with Gasteiger partial charge in [0.15, 0.2) is 0 Å². The molecule has 0 aromatic heterocycles. The number of carbonyl (C=O) groups is 1. The van der Waals surface area contributed by atoms with Crippen molar-refractivity contribution in [3.63, 3.8) is 0 Å². The molecular weight excluding hydrogens is 424 g/mol. The van der Waals surface area contributed by atoms with Gasteiger partial charge in [-0.1, -0.05) is 128 Å². The van der Waals surface area contributed by atoms with E-state index in [0.717, 1.165) is 21.1 Å². The lowest BCUT2D eigenvalue weighted by molar-refractivity contribution is -0.137. The summed E-state index contributed by atoms with van der Waals surface area (Å²) in [6.07, 6.45) is -0.675. The molecule has 0 fully saturated rings. The molecule has 4 aromatic carbocycles. The minimum absolute atomic E-state index is 0.267. The molecule has 0 amide bonds. The first-order valence-corrected chi connectivity index (χ1v) is 12.7. The van der Waals surface area contributed by atoms with Crippen LogP contribution in [0.15, 0.2) is 133 Å². The first-order valence-electron chi connectivity index (χ1n) is 10.8. The smallest absolute Gasteiger partial charge is 0.336 e. The standard InChI is InChI=1S/C29H26O3Si/c1-23(29(30)31-2)28(24-15-7-3-8-16-24)32-33(25-17-9-4-10-18-25,26-19-11-5-12-20-26)27-21-13-6-14-22-27/h3-22,28H,1H2,2H3/t28-/m1/s1. The summed E-state index contributed by atoms with van der Waals surface area (Å²) in [5, 5.41) is 3.25. The highest BCUT2D eigenvalue weighted by molar-refractivity contribution is 7.07. The van der Waals surface area contributed by atoms with Crippen molar-refractivity contribution in [3.8, 4) is 0 Å².